The third-order valence-corrected chi connectivity index (χ3v) is 4.74. The fourth-order valence-electron chi connectivity index (χ4n) is 2.51. The molecule has 3 rings (SSSR count). The maximum Gasteiger partial charge on any atom is 0.416 e. The van der Waals surface area contributed by atoms with E-state index in [4.69, 9.17) is 0 Å². The molecule has 11 heteroatoms. The number of alkyl halides is 3. The first-order chi connectivity index (χ1) is 13.4. The summed E-state index contributed by atoms with van der Waals surface area (Å²) < 4.78 is 42.4. The number of hydrogen-bond acceptors (Lipinski definition) is 5. The van der Waals surface area contributed by atoms with Crippen LogP contribution in [0.1, 0.15) is 18.9 Å². The molecule has 1 aromatic carbocycles. The summed E-state index contributed by atoms with van der Waals surface area (Å²) in [5.74, 6) is -0.440. The van der Waals surface area contributed by atoms with Gasteiger partial charge in [-0.15, -0.1) is 0 Å². The molecule has 0 saturated heterocycles. The Labute approximate surface area is 163 Å². The van der Waals surface area contributed by atoms with Crippen LogP contribution in [0.4, 0.5) is 18.9 Å². The van der Waals surface area contributed by atoms with Crippen molar-refractivity contribution < 1.29 is 18.0 Å². The Balaban J connectivity index is 1.77. The van der Waals surface area contributed by atoms with Gasteiger partial charge in [0.25, 0.3) is 0 Å². The largest absolute Gasteiger partial charge is 0.416 e. The van der Waals surface area contributed by atoms with E-state index >= 15 is 0 Å². The number of anilines is 1. The number of nitrogens with zero attached hydrogens (tertiary/aromatic N) is 5. The summed E-state index contributed by atoms with van der Waals surface area (Å²) in [5, 5.41) is 7.14. The van der Waals surface area contributed by atoms with Gasteiger partial charge in [-0.25, -0.2) is 14.6 Å². The fourth-order valence-corrected chi connectivity index (χ4v) is 3.29. The first kappa shape index (κ1) is 19.9. The first-order valence-electron chi connectivity index (χ1n) is 8.38. The monoisotopic (exact) mass is 410 g/mol. The van der Waals surface area contributed by atoms with Gasteiger partial charge in [-0.3, -0.25) is 4.79 Å². The molecular formula is C17H17F3N6OS. The van der Waals surface area contributed by atoms with Gasteiger partial charge >= 0.3 is 6.18 Å². The van der Waals surface area contributed by atoms with E-state index in [-0.39, 0.29) is 17.1 Å². The standard InChI is InChI=1S/C17H17F3N6OS/c1-2-6-25-7-5-22-16(25)28-9-15(27)24-13-8-12(17(18,19)20)3-4-14(13)26-11-21-10-23-26/h3-5,7-8,10-11H,2,6,9H2,1H3,(H,24,27). The van der Waals surface area contributed by atoms with Crippen LogP contribution < -0.4 is 5.32 Å². The number of rotatable bonds is 7. The summed E-state index contributed by atoms with van der Waals surface area (Å²) in [4.78, 5) is 20.3. The van der Waals surface area contributed by atoms with Crippen molar-refractivity contribution in [1.29, 1.82) is 0 Å². The molecule has 0 fully saturated rings. The third kappa shape index (κ3) is 4.71. The molecule has 3 aromatic rings. The Bertz CT molecular complexity index is 939. The number of nitrogens with one attached hydrogen (secondary N) is 1. The summed E-state index contributed by atoms with van der Waals surface area (Å²) in [6.45, 7) is 2.80. The number of aromatic nitrogens is 5. The average molecular weight is 410 g/mol. The van der Waals surface area contributed by atoms with Crippen LogP contribution in [-0.2, 0) is 17.5 Å². The molecule has 2 aromatic heterocycles. The molecule has 148 valence electrons. The van der Waals surface area contributed by atoms with Gasteiger partial charge in [0, 0.05) is 18.9 Å². The van der Waals surface area contributed by atoms with Crippen molar-refractivity contribution in [3.05, 3.63) is 48.8 Å². The summed E-state index contributed by atoms with van der Waals surface area (Å²) in [6, 6.07) is 3.06. The highest BCUT2D eigenvalue weighted by molar-refractivity contribution is 7.99. The van der Waals surface area contributed by atoms with Crippen LogP contribution in [0.2, 0.25) is 0 Å². The van der Waals surface area contributed by atoms with Crippen molar-refractivity contribution in [1.82, 2.24) is 24.3 Å². The lowest BCUT2D eigenvalue weighted by molar-refractivity contribution is -0.137. The van der Waals surface area contributed by atoms with Gasteiger partial charge < -0.3 is 9.88 Å². The molecule has 0 radical (unpaired) electrons. The Morgan fingerprint density at radius 1 is 1.32 bits per heavy atom. The lowest BCUT2D eigenvalue weighted by Gasteiger charge is -2.14. The predicted molar refractivity (Wildman–Crippen MR) is 98.2 cm³/mol. The van der Waals surface area contributed by atoms with Crippen molar-refractivity contribution in [2.75, 3.05) is 11.1 Å². The number of imidazole rings is 1. The maximum atomic E-state index is 13.1. The van der Waals surface area contributed by atoms with Crippen LogP contribution >= 0.6 is 11.8 Å². The van der Waals surface area contributed by atoms with Crippen LogP contribution in [0, 0.1) is 0 Å². The SMILES string of the molecule is CCCn1ccnc1SCC(=O)Nc1cc(C(F)(F)F)ccc1-n1cncn1. The van der Waals surface area contributed by atoms with Crippen molar-refractivity contribution in [3.63, 3.8) is 0 Å². The number of amides is 1. The number of thioether (sulfide) groups is 1. The van der Waals surface area contributed by atoms with Gasteiger partial charge in [-0.2, -0.15) is 18.3 Å². The Kier molecular flexibility index (Phi) is 6.02. The van der Waals surface area contributed by atoms with Crippen molar-refractivity contribution in [2.45, 2.75) is 31.2 Å². The first-order valence-corrected chi connectivity index (χ1v) is 9.37. The zero-order chi connectivity index (χ0) is 20.1. The smallest absolute Gasteiger partial charge is 0.326 e. The highest BCUT2D eigenvalue weighted by Crippen LogP contribution is 2.33. The second kappa shape index (κ2) is 8.46. The quantitative estimate of drug-likeness (QED) is 0.602. The minimum atomic E-state index is -4.53. The van der Waals surface area contributed by atoms with Crippen LogP contribution in [0.25, 0.3) is 5.69 Å². The number of aryl methyl sites for hydroxylation is 1. The molecule has 28 heavy (non-hydrogen) atoms. The highest BCUT2D eigenvalue weighted by atomic mass is 32.2. The molecule has 0 unspecified atom stereocenters. The number of hydrogen-bond donors (Lipinski definition) is 1. The second-order valence-electron chi connectivity index (χ2n) is 5.81. The van der Waals surface area contributed by atoms with E-state index in [1.54, 1.807) is 6.20 Å². The molecule has 0 bridgehead atoms. The molecule has 0 aliphatic heterocycles. The Morgan fingerprint density at radius 2 is 2.14 bits per heavy atom. The summed E-state index contributed by atoms with van der Waals surface area (Å²) in [6.07, 6.45) is 2.45. The Hall–Kier alpha value is -2.82. The molecule has 7 nitrogen and oxygen atoms in total. The van der Waals surface area contributed by atoms with E-state index in [9.17, 15) is 18.0 Å². The van der Waals surface area contributed by atoms with Crippen molar-refractivity contribution in [3.8, 4) is 5.69 Å². The van der Waals surface area contributed by atoms with Gasteiger partial charge in [-0.1, -0.05) is 18.7 Å². The van der Waals surface area contributed by atoms with Crippen LogP contribution in [0.15, 0.2) is 48.4 Å². The average Bonchev–Trinajstić information content (AvgIpc) is 3.31. The maximum absolute atomic E-state index is 13.1. The highest BCUT2D eigenvalue weighted by Gasteiger charge is 2.31. The van der Waals surface area contributed by atoms with E-state index in [1.165, 1.54) is 35.2 Å². The van der Waals surface area contributed by atoms with Crippen molar-refractivity contribution in [2.24, 2.45) is 0 Å². The van der Waals surface area contributed by atoms with E-state index in [1.807, 2.05) is 17.7 Å². The summed E-state index contributed by atoms with van der Waals surface area (Å²) in [5.41, 5.74) is -0.572. The second-order valence-corrected chi connectivity index (χ2v) is 6.75. The normalized spacial score (nSPS) is 11.6. The number of benzene rings is 1. The lowest BCUT2D eigenvalue weighted by Crippen LogP contribution is -2.17. The predicted octanol–water partition coefficient (Wildman–Crippen LogP) is 3.62. The minimum Gasteiger partial charge on any atom is -0.326 e. The minimum absolute atomic E-state index is 0.00262. The third-order valence-electron chi connectivity index (χ3n) is 3.74. The van der Waals surface area contributed by atoms with Gasteiger partial charge in [-0.05, 0) is 24.6 Å². The molecule has 2 heterocycles. The molecule has 1 amide bonds. The summed E-state index contributed by atoms with van der Waals surface area (Å²) in [7, 11) is 0. The molecule has 1 N–H and O–H groups in total. The van der Waals surface area contributed by atoms with E-state index in [0.29, 0.717) is 5.16 Å². The molecule has 0 saturated carbocycles. The summed E-state index contributed by atoms with van der Waals surface area (Å²) >= 11 is 1.22. The van der Waals surface area contributed by atoms with Gasteiger partial charge in [0.2, 0.25) is 5.91 Å². The zero-order valence-corrected chi connectivity index (χ0v) is 15.7. The topological polar surface area (TPSA) is 77.6 Å². The fraction of sp³-hybridized carbons (Fsp3) is 0.294. The zero-order valence-electron chi connectivity index (χ0n) is 14.8. The molecule has 0 aliphatic rings. The van der Waals surface area contributed by atoms with Crippen LogP contribution in [0.3, 0.4) is 0 Å². The van der Waals surface area contributed by atoms with E-state index in [2.05, 4.69) is 20.4 Å². The van der Waals surface area contributed by atoms with Gasteiger partial charge in [0.15, 0.2) is 5.16 Å². The molecule has 0 aliphatic carbocycles. The van der Waals surface area contributed by atoms with Crippen LogP contribution in [0.5, 0.6) is 0 Å². The molecular weight excluding hydrogens is 393 g/mol. The van der Waals surface area contributed by atoms with Crippen LogP contribution in [-0.4, -0.2) is 36.0 Å². The van der Waals surface area contributed by atoms with Gasteiger partial charge in [0.1, 0.15) is 12.7 Å². The van der Waals surface area contributed by atoms with E-state index in [0.717, 1.165) is 25.1 Å². The number of carbonyl (C=O) groups excluding carboxylic acids is 1. The number of carbonyl (C=O) groups is 1. The Morgan fingerprint density at radius 3 is 2.82 bits per heavy atom. The van der Waals surface area contributed by atoms with E-state index < -0.39 is 17.6 Å². The molecule has 0 spiro atoms. The van der Waals surface area contributed by atoms with Crippen molar-refractivity contribution >= 4 is 23.4 Å². The molecule has 0 atom stereocenters. The lowest BCUT2D eigenvalue weighted by atomic mass is 10.1. The number of halogens is 3. The van der Waals surface area contributed by atoms with Gasteiger partial charge in [0.05, 0.1) is 22.7 Å².